The lowest BCUT2D eigenvalue weighted by Crippen LogP contribution is -2.49. The lowest BCUT2D eigenvalue weighted by molar-refractivity contribution is -0.130. The predicted octanol–water partition coefficient (Wildman–Crippen LogP) is 6.61. The van der Waals surface area contributed by atoms with Crippen LogP contribution in [0.2, 0.25) is 0 Å². The van der Waals surface area contributed by atoms with Crippen molar-refractivity contribution in [2.45, 2.75) is 143 Å². The molecule has 39 heavy (non-hydrogen) atoms. The Bertz CT molecular complexity index is 770. The molecule has 0 fully saturated rings. The average Bonchev–Trinajstić information content (AvgIpc) is 2.93. The second kappa shape index (κ2) is 23.4. The molecule has 0 aliphatic rings. The molecular weight excluding hydrogens is 488 g/mol. The van der Waals surface area contributed by atoms with Gasteiger partial charge in [0, 0.05) is 38.3 Å². The number of pyridine rings is 1. The summed E-state index contributed by atoms with van der Waals surface area (Å²) in [6.07, 6.45) is 21.6. The van der Waals surface area contributed by atoms with Crippen molar-refractivity contribution in [1.29, 1.82) is 0 Å². The molecule has 222 valence electrons. The maximum atomic E-state index is 12.6. The van der Waals surface area contributed by atoms with Gasteiger partial charge in [-0.15, -0.1) is 0 Å². The van der Waals surface area contributed by atoms with E-state index in [2.05, 4.69) is 27.9 Å². The van der Waals surface area contributed by atoms with Crippen LogP contribution in [0.3, 0.4) is 0 Å². The summed E-state index contributed by atoms with van der Waals surface area (Å²) in [7, 11) is 0. The lowest BCUT2D eigenvalue weighted by atomic mass is 10.0. The molecule has 3 N–H and O–H groups in total. The molecule has 0 unspecified atom stereocenters. The Morgan fingerprint density at radius 2 is 1.21 bits per heavy atom. The van der Waals surface area contributed by atoms with Gasteiger partial charge >= 0.3 is 0 Å². The van der Waals surface area contributed by atoms with Crippen molar-refractivity contribution in [3.05, 3.63) is 30.1 Å². The van der Waals surface area contributed by atoms with E-state index in [1.807, 2.05) is 26.0 Å². The fraction of sp³-hybridized carbons (Fsp3) is 0.750. The van der Waals surface area contributed by atoms with E-state index in [1.54, 1.807) is 12.4 Å². The van der Waals surface area contributed by atoms with Crippen molar-refractivity contribution in [3.8, 4) is 0 Å². The molecular formula is C32H56N4O3. The van der Waals surface area contributed by atoms with Gasteiger partial charge in [0.05, 0.1) is 0 Å². The van der Waals surface area contributed by atoms with Crippen LogP contribution in [-0.2, 0) is 20.9 Å². The van der Waals surface area contributed by atoms with Crippen LogP contribution < -0.4 is 16.0 Å². The van der Waals surface area contributed by atoms with E-state index >= 15 is 0 Å². The van der Waals surface area contributed by atoms with E-state index in [0.717, 1.165) is 56.9 Å². The van der Waals surface area contributed by atoms with Crippen molar-refractivity contribution in [3.63, 3.8) is 0 Å². The maximum absolute atomic E-state index is 12.6. The standard InChI is InChI=1S/C32H56N4O3/c1-4-5-6-7-10-14-17-20-30(38)36-31(27(2)3)32(39)34-23-18-15-12-9-8-11-13-16-19-29(37)35-26-28-21-24-33-25-22-28/h21-22,24-25,27,31H,4-20,23,26H2,1-3H3,(H,34,39)(H,35,37)(H,36,38)/t31-/m0/s1. The number of hydrogen-bond donors (Lipinski definition) is 3. The van der Waals surface area contributed by atoms with Crippen molar-refractivity contribution in [1.82, 2.24) is 20.9 Å². The fourth-order valence-electron chi connectivity index (χ4n) is 4.61. The normalized spacial score (nSPS) is 11.8. The molecule has 3 amide bonds. The highest BCUT2D eigenvalue weighted by Crippen LogP contribution is 2.11. The number of unbranched alkanes of at least 4 members (excludes halogenated alkanes) is 13. The summed E-state index contributed by atoms with van der Waals surface area (Å²) in [5.41, 5.74) is 1.07. The number of aromatic nitrogens is 1. The molecule has 0 aliphatic carbocycles. The fourth-order valence-corrected chi connectivity index (χ4v) is 4.61. The van der Waals surface area contributed by atoms with Crippen LogP contribution in [-0.4, -0.2) is 35.3 Å². The Kier molecular flexibility index (Phi) is 20.8. The Morgan fingerprint density at radius 3 is 1.77 bits per heavy atom. The van der Waals surface area contributed by atoms with Gasteiger partial charge in [0.2, 0.25) is 17.7 Å². The van der Waals surface area contributed by atoms with Crippen LogP contribution >= 0.6 is 0 Å². The van der Waals surface area contributed by atoms with Gasteiger partial charge in [0.25, 0.3) is 0 Å². The minimum Gasteiger partial charge on any atom is -0.354 e. The molecule has 0 spiro atoms. The monoisotopic (exact) mass is 544 g/mol. The molecule has 7 heteroatoms. The number of rotatable bonds is 24. The molecule has 0 bridgehead atoms. The molecule has 0 aromatic carbocycles. The van der Waals surface area contributed by atoms with Crippen molar-refractivity contribution in [2.75, 3.05) is 6.54 Å². The number of nitrogens with zero attached hydrogens (tertiary/aromatic N) is 1. The number of carbonyl (C=O) groups is 3. The smallest absolute Gasteiger partial charge is 0.242 e. The maximum Gasteiger partial charge on any atom is 0.242 e. The van der Waals surface area contributed by atoms with Crippen molar-refractivity contribution in [2.24, 2.45) is 5.92 Å². The number of hydrogen-bond acceptors (Lipinski definition) is 4. The van der Waals surface area contributed by atoms with Gasteiger partial charge in [0.15, 0.2) is 0 Å². The average molecular weight is 545 g/mol. The van der Waals surface area contributed by atoms with Crippen LogP contribution in [0.1, 0.15) is 135 Å². The summed E-state index contributed by atoms with van der Waals surface area (Å²) < 4.78 is 0. The van der Waals surface area contributed by atoms with E-state index < -0.39 is 6.04 Å². The van der Waals surface area contributed by atoms with Crippen molar-refractivity contribution >= 4 is 17.7 Å². The van der Waals surface area contributed by atoms with Gasteiger partial charge in [-0.05, 0) is 42.9 Å². The Hall–Kier alpha value is -2.44. The van der Waals surface area contributed by atoms with Gasteiger partial charge in [-0.2, -0.15) is 0 Å². The highest BCUT2D eigenvalue weighted by atomic mass is 16.2. The molecule has 0 saturated heterocycles. The zero-order valence-electron chi connectivity index (χ0n) is 25.1. The Labute approximate surface area is 238 Å². The quantitative estimate of drug-likeness (QED) is 0.128. The summed E-state index contributed by atoms with van der Waals surface area (Å²) in [6.45, 7) is 7.40. The van der Waals surface area contributed by atoms with Crippen LogP contribution in [0.25, 0.3) is 0 Å². The zero-order valence-corrected chi connectivity index (χ0v) is 25.1. The van der Waals surface area contributed by atoms with Gasteiger partial charge < -0.3 is 16.0 Å². The van der Waals surface area contributed by atoms with E-state index in [-0.39, 0.29) is 23.6 Å². The zero-order chi connectivity index (χ0) is 28.6. The summed E-state index contributed by atoms with van der Waals surface area (Å²) in [6, 6.07) is 3.37. The molecule has 1 heterocycles. The lowest BCUT2D eigenvalue weighted by Gasteiger charge is -2.21. The first-order chi connectivity index (χ1) is 18.9. The van der Waals surface area contributed by atoms with Crippen LogP contribution in [0.5, 0.6) is 0 Å². The summed E-state index contributed by atoms with van der Waals surface area (Å²) in [4.78, 5) is 40.9. The molecule has 1 rings (SSSR count). The molecule has 1 aromatic heterocycles. The first kappa shape index (κ1) is 34.6. The number of carbonyl (C=O) groups excluding carboxylic acids is 3. The Morgan fingerprint density at radius 1 is 0.692 bits per heavy atom. The summed E-state index contributed by atoms with van der Waals surface area (Å²) >= 11 is 0. The first-order valence-electron chi connectivity index (χ1n) is 15.7. The van der Waals surface area contributed by atoms with Gasteiger partial charge in [-0.25, -0.2) is 0 Å². The highest BCUT2D eigenvalue weighted by molar-refractivity contribution is 5.87. The largest absolute Gasteiger partial charge is 0.354 e. The second-order valence-electron chi connectivity index (χ2n) is 11.2. The van der Waals surface area contributed by atoms with Gasteiger partial charge in [-0.3, -0.25) is 19.4 Å². The van der Waals surface area contributed by atoms with E-state index in [1.165, 1.54) is 44.9 Å². The first-order valence-corrected chi connectivity index (χ1v) is 15.7. The second-order valence-corrected chi connectivity index (χ2v) is 11.2. The van der Waals surface area contributed by atoms with Crippen LogP contribution in [0.4, 0.5) is 0 Å². The topological polar surface area (TPSA) is 100 Å². The minimum atomic E-state index is -0.459. The SMILES string of the molecule is CCCCCCCCCC(=O)N[C@H](C(=O)NCCCCCCCCCCC(=O)NCc1ccncc1)C(C)C. The summed E-state index contributed by atoms with van der Waals surface area (Å²) in [5.74, 6) is 0.0995. The van der Waals surface area contributed by atoms with E-state index in [4.69, 9.17) is 0 Å². The van der Waals surface area contributed by atoms with Crippen LogP contribution in [0.15, 0.2) is 24.5 Å². The molecule has 0 saturated carbocycles. The molecule has 0 radical (unpaired) electrons. The predicted molar refractivity (Wildman–Crippen MR) is 160 cm³/mol. The molecule has 0 aliphatic heterocycles. The molecule has 1 aromatic rings. The summed E-state index contributed by atoms with van der Waals surface area (Å²) in [5, 5.41) is 8.94. The van der Waals surface area contributed by atoms with Gasteiger partial charge in [0.1, 0.15) is 6.04 Å². The van der Waals surface area contributed by atoms with E-state index in [9.17, 15) is 14.4 Å². The molecule has 7 nitrogen and oxygen atoms in total. The minimum absolute atomic E-state index is 0.0111. The third kappa shape index (κ3) is 19.3. The third-order valence-corrected chi connectivity index (χ3v) is 7.14. The Balaban J connectivity index is 1.99. The van der Waals surface area contributed by atoms with Gasteiger partial charge in [-0.1, -0.05) is 97.8 Å². The number of amides is 3. The van der Waals surface area contributed by atoms with Crippen LogP contribution in [0, 0.1) is 5.92 Å². The number of nitrogens with one attached hydrogen (secondary N) is 3. The molecule has 1 atom stereocenters. The van der Waals surface area contributed by atoms with Crippen molar-refractivity contribution < 1.29 is 14.4 Å². The highest BCUT2D eigenvalue weighted by Gasteiger charge is 2.23. The third-order valence-electron chi connectivity index (χ3n) is 7.14. The van der Waals surface area contributed by atoms with E-state index in [0.29, 0.717) is 25.9 Å².